The molecule has 2 rings (SSSR count). The molecule has 0 amide bonds. The van der Waals surface area contributed by atoms with E-state index >= 15 is 0 Å². The number of ether oxygens (including phenoxy) is 2. The third-order valence-corrected chi connectivity index (χ3v) is 3.50. The Hall–Kier alpha value is -1.87. The van der Waals surface area contributed by atoms with Gasteiger partial charge in [0.05, 0.1) is 18.7 Å². The second-order valence-electron chi connectivity index (χ2n) is 4.72. The van der Waals surface area contributed by atoms with E-state index in [2.05, 4.69) is 18.3 Å². The van der Waals surface area contributed by atoms with Gasteiger partial charge in [0, 0.05) is 11.7 Å². The van der Waals surface area contributed by atoms with Gasteiger partial charge in [-0.15, -0.1) is 0 Å². The van der Waals surface area contributed by atoms with Crippen molar-refractivity contribution < 1.29 is 9.47 Å². The van der Waals surface area contributed by atoms with E-state index in [0.29, 0.717) is 17.4 Å². The summed E-state index contributed by atoms with van der Waals surface area (Å²) in [7, 11) is 1.67. The van der Waals surface area contributed by atoms with Crippen LogP contribution in [0.25, 0.3) is 0 Å². The van der Waals surface area contributed by atoms with Crippen LogP contribution >= 0.6 is 11.6 Å². The first kappa shape index (κ1) is 15.5. The number of halogens is 1. The van der Waals surface area contributed by atoms with E-state index in [1.165, 1.54) is 0 Å². The summed E-state index contributed by atoms with van der Waals surface area (Å²) in [5.74, 6) is 1.56. The summed E-state index contributed by atoms with van der Waals surface area (Å²) in [4.78, 5) is 0. The average molecular weight is 306 g/mol. The van der Waals surface area contributed by atoms with E-state index in [-0.39, 0.29) is 6.04 Å². The van der Waals surface area contributed by atoms with Crippen molar-refractivity contribution in [1.29, 1.82) is 0 Å². The van der Waals surface area contributed by atoms with Gasteiger partial charge in [0.2, 0.25) is 0 Å². The number of methoxy groups -OCH3 is 1. The lowest BCUT2D eigenvalue weighted by Gasteiger charge is -2.17. The summed E-state index contributed by atoms with van der Waals surface area (Å²) < 4.78 is 10.7. The third kappa shape index (κ3) is 4.05. The Morgan fingerprint density at radius 3 is 2.67 bits per heavy atom. The number of hydrogen-bond acceptors (Lipinski definition) is 3. The molecule has 112 valence electrons. The van der Waals surface area contributed by atoms with Crippen LogP contribution in [0.3, 0.4) is 0 Å². The molecule has 0 saturated carbocycles. The highest BCUT2D eigenvalue weighted by Crippen LogP contribution is 2.30. The molecule has 0 spiro atoms. The maximum atomic E-state index is 6.20. The molecule has 21 heavy (non-hydrogen) atoms. The van der Waals surface area contributed by atoms with Crippen LogP contribution in [-0.2, 0) is 0 Å². The van der Waals surface area contributed by atoms with Crippen LogP contribution < -0.4 is 14.8 Å². The number of benzene rings is 2. The van der Waals surface area contributed by atoms with Gasteiger partial charge in [-0.3, -0.25) is 0 Å². The highest BCUT2D eigenvalue weighted by atomic mass is 35.5. The summed E-state index contributed by atoms with van der Waals surface area (Å²) in [6.07, 6.45) is 0. The molecule has 1 N–H and O–H groups in total. The zero-order chi connectivity index (χ0) is 15.2. The quantitative estimate of drug-likeness (QED) is 0.821. The molecule has 0 radical (unpaired) electrons. The van der Waals surface area contributed by atoms with Gasteiger partial charge in [0.25, 0.3) is 0 Å². The normalized spacial score (nSPS) is 11.8. The zero-order valence-electron chi connectivity index (χ0n) is 12.5. The molecule has 2 aromatic rings. The van der Waals surface area contributed by atoms with Gasteiger partial charge in [-0.1, -0.05) is 23.7 Å². The Bertz CT molecular complexity index is 601. The van der Waals surface area contributed by atoms with E-state index in [9.17, 15) is 0 Å². The Labute approximate surface area is 130 Å². The van der Waals surface area contributed by atoms with Gasteiger partial charge < -0.3 is 14.8 Å². The van der Waals surface area contributed by atoms with Gasteiger partial charge >= 0.3 is 0 Å². The minimum Gasteiger partial charge on any atom is -0.497 e. The molecule has 0 saturated heterocycles. The molecule has 0 fully saturated rings. The number of anilines is 1. The molecule has 0 bridgehead atoms. The van der Waals surface area contributed by atoms with Crippen LogP contribution in [0.5, 0.6) is 11.5 Å². The monoisotopic (exact) mass is 305 g/mol. The summed E-state index contributed by atoms with van der Waals surface area (Å²) in [6, 6.07) is 13.9. The van der Waals surface area contributed by atoms with Crippen molar-refractivity contribution in [2.75, 3.05) is 19.0 Å². The van der Waals surface area contributed by atoms with Crippen LogP contribution in [0, 0.1) is 0 Å². The van der Waals surface area contributed by atoms with Crippen LogP contribution in [-0.4, -0.2) is 13.7 Å². The molecule has 0 aromatic heterocycles. The molecule has 0 aliphatic heterocycles. The van der Waals surface area contributed by atoms with Crippen LogP contribution in [0.4, 0.5) is 5.69 Å². The Morgan fingerprint density at radius 1 is 1.19 bits per heavy atom. The number of hydrogen-bond donors (Lipinski definition) is 1. The first-order valence-electron chi connectivity index (χ1n) is 6.97. The fraction of sp³-hybridized carbons (Fsp3) is 0.294. The highest BCUT2D eigenvalue weighted by molar-refractivity contribution is 6.32. The van der Waals surface area contributed by atoms with Crippen molar-refractivity contribution in [3.05, 3.63) is 53.1 Å². The number of rotatable bonds is 6. The Morgan fingerprint density at radius 2 is 2.00 bits per heavy atom. The average Bonchev–Trinajstić information content (AvgIpc) is 2.50. The Balaban J connectivity index is 2.11. The SMILES string of the molecule is CCOc1ccc(NC(C)c2cccc(OC)c2)cc1Cl. The van der Waals surface area contributed by atoms with Gasteiger partial charge in [-0.25, -0.2) is 0 Å². The first-order valence-corrected chi connectivity index (χ1v) is 7.34. The second-order valence-corrected chi connectivity index (χ2v) is 5.13. The molecule has 0 aliphatic rings. The van der Waals surface area contributed by atoms with Gasteiger partial charge in [-0.05, 0) is 49.7 Å². The molecule has 1 atom stereocenters. The largest absolute Gasteiger partial charge is 0.497 e. The summed E-state index contributed by atoms with van der Waals surface area (Å²) >= 11 is 6.20. The van der Waals surface area contributed by atoms with Crippen molar-refractivity contribution in [1.82, 2.24) is 0 Å². The van der Waals surface area contributed by atoms with Gasteiger partial charge in [0.1, 0.15) is 11.5 Å². The van der Waals surface area contributed by atoms with E-state index in [1.807, 2.05) is 43.3 Å². The van der Waals surface area contributed by atoms with Crippen molar-refractivity contribution in [3.8, 4) is 11.5 Å². The van der Waals surface area contributed by atoms with Crippen LogP contribution in [0.1, 0.15) is 25.5 Å². The molecule has 0 heterocycles. The van der Waals surface area contributed by atoms with Gasteiger partial charge in [0.15, 0.2) is 0 Å². The lowest BCUT2D eigenvalue weighted by molar-refractivity contribution is 0.340. The summed E-state index contributed by atoms with van der Waals surface area (Å²) in [5, 5.41) is 4.03. The standard InChI is InChI=1S/C17H20ClNO2/c1-4-21-17-9-8-14(11-16(17)18)19-12(2)13-6-5-7-15(10-13)20-3/h5-12,19H,4H2,1-3H3. The van der Waals surface area contributed by atoms with E-state index in [1.54, 1.807) is 7.11 Å². The van der Waals surface area contributed by atoms with Crippen molar-refractivity contribution in [2.45, 2.75) is 19.9 Å². The Kier molecular flexibility index (Phi) is 5.34. The predicted octanol–water partition coefficient (Wildman–Crippen LogP) is 4.92. The van der Waals surface area contributed by atoms with Crippen LogP contribution in [0.2, 0.25) is 5.02 Å². The molecular weight excluding hydrogens is 286 g/mol. The first-order chi connectivity index (χ1) is 10.1. The third-order valence-electron chi connectivity index (χ3n) is 3.21. The molecule has 1 unspecified atom stereocenters. The molecule has 3 nitrogen and oxygen atoms in total. The van der Waals surface area contributed by atoms with Crippen molar-refractivity contribution >= 4 is 17.3 Å². The minimum atomic E-state index is 0.147. The van der Waals surface area contributed by atoms with E-state index < -0.39 is 0 Å². The maximum Gasteiger partial charge on any atom is 0.138 e. The highest BCUT2D eigenvalue weighted by Gasteiger charge is 2.08. The predicted molar refractivity (Wildman–Crippen MR) is 87.7 cm³/mol. The molecule has 0 aliphatic carbocycles. The molecule has 4 heteroatoms. The topological polar surface area (TPSA) is 30.5 Å². The van der Waals surface area contributed by atoms with Gasteiger partial charge in [-0.2, -0.15) is 0 Å². The fourth-order valence-electron chi connectivity index (χ4n) is 2.11. The summed E-state index contributed by atoms with van der Waals surface area (Å²) in [6.45, 7) is 4.64. The second kappa shape index (κ2) is 7.23. The zero-order valence-corrected chi connectivity index (χ0v) is 13.3. The van der Waals surface area contributed by atoms with E-state index in [4.69, 9.17) is 21.1 Å². The minimum absolute atomic E-state index is 0.147. The fourth-order valence-corrected chi connectivity index (χ4v) is 2.34. The summed E-state index contributed by atoms with van der Waals surface area (Å²) in [5.41, 5.74) is 2.11. The van der Waals surface area contributed by atoms with Crippen molar-refractivity contribution in [3.63, 3.8) is 0 Å². The van der Waals surface area contributed by atoms with Crippen molar-refractivity contribution in [2.24, 2.45) is 0 Å². The van der Waals surface area contributed by atoms with E-state index in [0.717, 1.165) is 17.0 Å². The lowest BCUT2D eigenvalue weighted by atomic mass is 10.1. The maximum absolute atomic E-state index is 6.20. The molecule has 2 aromatic carbocycles. The molecular formula is C17H20ClNO2. The smallest absolute Gasteiger partial charge is 0.138 e. The number of nitrogens with one attached hydrogen (secondary N) is 1. The lowest BCUT2D eigenvalue weighted by Crippen LogP contribution is -2.06. The van der Waals surface area contributed by atoms with Crippen LogP contribution in [0.15, 0.2) is 42.5 Å².